The predicted molar refractivity (Wildman–Crippen MR) is 74.8 cm³/mol. The van der Waals surface area contributed by atoms with Gasteiger partial charge in [0.2, 0.25) is 0 Å². The average Bonchev–Trinajstić information content (AvgIpc) is 3.20. The van der Waals surface area contributed by atoms with Crippen LogP contribution in [-0.4, -0.2) is 24.8 Å². The van der Waals surface area contributed by atoms with Gasteiger partial charge in [0.25, 0.3) is 0 Å². The van der Waals surface area contributed by atoms with Crippen molar-refractivity contribution in [1.82, 2.24) is 0 Å². The van der Waals surface area contributed by atoms with Crippen molar-refractivity contribution in [3.8, 4) is 0 Å². The van der Waals surface area contributed by atoms with Gasteiger partial charge in [0.1, 0.15) is 6.54 Å². The van der Waals surface area contributed by atoms with Crippen molar-refractivity contribution >= 4 is 5.69 Å². The maximum absolute atomic E-state index is 12.6. The highest BCUT2D eigenvalue weighted by Crippen LogP contribution is 2.34. The van der Waals surface area contributed by atoms with E-state index in [2.05, 4.69) is 0 Å². The largest absolute Gasteiger partial charge is 0.405 e. The van der Waals surface area contributed by atoms with Crippen LogP contribution in [0.25, 0.3) is 0 Å². The molecule has 0 saturated heterocycles. The van der Waals surface area contributed by atoms with Crippen LogP contribution in [0.3, 0.4) is 0 Å². The summed E-state index contributed by atoms with van der Waals surface area (Å²) >= 11 is 0. The lowest BCUT2D eigenvalue weighted by Gasteiger charge is -2.26. The Kier molecular flexibility index (Phi) is 4.58. The number of alkyl halides is 3. The quantitative estimate of drug-likeness (QED) is 0.867. The third kappa shape index (κ3) is 4.40. The maximum Gasteiger partial charge on any atom is 0.405 e. The molecule has 1 fully saturated rings. The van der Waals surface area contributed by atoms with Crippen LogP contribution < -0.4 is 10.6 Å². The second-order valence-corrected chi connectivity index (χ2v) is 5.51. The van der Waals surface area contributed by atoms with Crippen LogP contribution in [0.4, 0.5) is 18.9 Å². The van der Waals surface area contributed by atoms with Gasteiger partial charge in [0, 0.05) is 17.8 Å². The van der Waals surface area contributed by atoms with Crippen molar-refractivity contribution in [2.45, 2.75) is 50.9 Å². The molecule has 0 heterocycles. The number of anilines is 1. The van der Waals surface area contributed by atoms with E-state index in [0.29, 0.717) is 5.69 Å². The van der Waals surface area contributed by atoms with Crippen molar-refractivity contribution in [3.63, 3.8) is 0 Å². The summed E-state index contributed by atoms with van der Waals surface area (Å²) in [5.74, 6) is 0. The SMILES string of the molecule is CCC(N)Cc1ccc(N(CC(F)(F)F)C2CC2)cc1. The molecule has 0 amide bonds. The predicted octanol–water partition coefficient (Wildman–Crippen LogP) is 3.50. The minimum absolute atomic E-state index is 0.0420. The summed E-state index contributed by atoms with van der Waals surface area (Å²) in [4.78, 5) is 1.46. The molecule has 0 spiro atoms. The number of hydrogen-bond donors (Lipinski definition) is 1. The number of halogens is 3. The van der Waals surface area contributed by atoms with E-state index >= 15 is 0 Å². The van der Waals surface area contributed by atoms with Crippen molar-refractivity contribution < 1.29 is 13.2 Å². The summed E-state index contributed by atoms with van der Waals surface area (Å²) in [6.45, 7) is 1.16. The first kappa shape index (κ1) is 15.2. The molecule has 0 aliphatic heterocycles. The van der Waals surface area contributed by atoms with Crippen molar-refractivity contribution in [2.75, 3.05) is 11.4 Å². The highest BCUT2D eigenvalue weighted by molar-refractivity contribution is 5.50. The zero-order chi connectivity index (χ0) is 14.8. The van der Waals surface area contributed by atoms with E-state index < -0.39 is 12.7 Å². The smallest absolute Gasteiger partial charge is 0.360 e. The van der Waals surface area contributed by atoms with Gasteiger partial charge < -0.3 is 10.6 Å². The Morgan fingerprint density at radius 3 is 2.30 bits per heavy atom. The molecule has 112 valence electrons. The highest BCUT2D eigenvalue weighted by atomic mass is 19.4. The second-order valence-electron chi connectivity index (χ2n) is 5.51. The zero-order valence-electron chi connectivity index (χ0n) is 11.7. The van der Waals surface area contributed by atoms with Gasteiger partial charge in [0.05, 0.1) is 0 Å². The van der Waals surface area contributed by atoms with Gasteiger partial charge in [-0.2, -0.15) is 13.2 Å². The summed E-state index contributed by atoms with van der Waals surface area (Å²) in [6.07, 6.45) is -0.813. The Morgan fingerprint density at radius 1 is 1.25 bits per heavy atom. The Bertz CT molecular complexity index is 424. The normalized spacial score (nSPS) is 17.1. The fourth-order valence-electron chi connectivity index (χ4n) is 2.28. The summed E-state index contributed by atoms with van der Waals surface area (Å²) in [7, 11) is 0. The van der Waals surface area contributed by atoms with Gasteiger partial charge in [-0.15, -0.1) is 0 Å². The Labute approximate surface area is 117 Å². The monoisotopic (exact) mass is 286 g/mol. The molecule has 2 nitrogen and oxygen atoms in total. The summed E-state index contributed by atoms with van der Waals surface area (Å²) in [5, 5.41) is 0. The number of nitrogens with zero attached hydrogens (tertiary/aromatic N) is 1. The Balaban J connectivity index is 2.06. The van der Waals surface area contributed by atoms with Crippen LogP contribution in [0.1, 0.15) is 31.7 Å². The molecule has 1 aromatic carbocycles. The maximum atomic E-state index is 12.6. The van der Waals surface area contributed by atoms with Crippen LogP contribution in [0.5, 0.6) is 0 Å². The number of rotatable bonds is 6. The van der Waals surface area contributed by atoms with Crippen molar-refractivity contribution in [2.24, 2.45) is 5.73 Å². The lowest BCUT2D eigenvalue weighted by atomic mass is 10.0. The fraction of sp³-hybridized carbons (Fsp3) is 0.600. The molecule has 1 aromatic rings. The average molecular weight is 286 g/mol. The summed E-state index contributed by atoms with van der Waals surface area (Å²) < 4.78 is 37.9. The van der Waals surface area contributed by atoms with Gasteiger partial charge in [-0.3, -0.25) is 0 Å². The van der Waals surface area contributed by atoms with Crippen LogP contribution in [0, 0.1) is 0 Å². The minimum atomic E-state index is -4.16. The minimum Gasteiger partial charge on any atom is -0.360 e. The summed E-state index contributed by atoms with van der Waals surface area (Å²) in [6, 6.07) is 7.48. The van der Waals surface area contributed by atoms with Crippen molar-refractivity contribution in [1.29, 1.82) is 0 Å². The molecule has 1 saturated carbocycles. The molecular weight excluding hydrogens is 265 g/mol. The van der Waals surface area contributed by atoms with Crippen LogP contribution in [0.2, 0.25) is 0 Å². The van der Waals surface area contributed by atoms with Crippen LogP contribution in [0.15, 0.2) is 24.3 Å². The third-order valence-corrected chi connectivity index (χ3v) is 3.63. The molecule has 1 atom stereocenters. The van der Waals surface area contributed by atoms with E-state index in [1.165, 1.54) is 4.90 Å². The highest BCUT2D eigenvalue weighted by Gasteiger charge is 2.38. The summed E-state index contributed by atoms with van der Waals surface area (Å²) in [5.41, 5.74) is 7.61. The van der Waals surface area contributed by atoms with Crippen molar-refractivity contribution in [3.05, 3.63) is 29.8 Å². The number of benzene rings is 1. The molecule has 1 unspecified atom stereocenters. The van der Waals surface area contributed by atoms with Gasteiger partial charge in [-0.05, 0) is 43.4 Å². The topological polar surface area (TPSA) is 29.3 Å². The van der Waals surface area contributed by atoms with E-state index in [4.69, 9.17) is 5.73 Å². The zero-order valence-corrected chi connectivity index (χ0v) is 11.7. The van der Waals surface area contributed by atoms with E-state index in [0.717, 1.165) is 31.2 Å². The van der Waals surface area contributed by atoms with E-state index in [1.807, 2.05) is 19.1 Å². The second kappa shape index (κ2) is 6.04. The standard InChI is InChI=1S/C15H21F3N2/c1-2-12(19)9-11-3-5-13(6-4-11)20(14-7-8-14)10-15(16,17)18/h3-6,12,14H,2,7-10,19H2,1H3. The number of hydrogen-bond acceptors (Lipinski definition) is 2. The molecule has 5 heteroatoms. The van der Waals surface area contributed by atoms with E-state index in [-0.39, 0.29) is 12.1 Å². The molecule has 1 aliphatic carbocycles. The Morgan fingerprint density at radius 2 is 1.85 bits per heavy atom. The molecule has 2 N–H and O–H groups in total. The third-order valence-electron chi connectivity index (χ3n) is 3.63. The van der Waals surface area contributed by atoms with Gasteiger partial charge in [-0.25, -0.2) is 0 Å². The first-order valence-corrected chi connectivity index (χ1v) is 7.07. The van der Waals surface area contributed by atoms with Gasteiger partial charge in [0.15, 0.2) is 0 Å². The van der Waals surface area contributed by atoms with Crippen LogP contribution >= 0.6 is 0 Å². The molecule has 0 bridgehead atoms. The molecule has 1 aliphatic rings. The lowest BCUT2D eigenvalue weighted by molar-refractivity contribution is -0.120. The van der Waals surface area contributed by atoms with E-state index in [9.17, 15) is 13.2 Å². The fourth-order valence-corrected chi connectivity index (χ4v) is 2.28. The first-order valence-electron chi connectivity index (χ1n) is 7.07. The van der Waals surface area contributed by atoms with E-state index in [1.54, 1.807) is 12.1 Å². The first-order chi connectivity index (χ1) is 9.39. The number of nitrogens with two attached hydrogens (primary N) is 1. The molecule has 0 aromatic heterocycles. The molecular formula is C15H21F3N2. The van der Waals surface area contributed by atoms with Crippen LogP contribution in [-0.2, 0) is 6.42 Å². The molecule has 20 heavy (non-hydrogen) atoms. The molecule has 2 rings (SSSR count). The van der Waals surface area contributed by atoms with Gasteiger partial charge >= 0.3 is 6.18 Å². The van der Waals surface area contributed by atoms with Gasteiger partial charge in [-0.1, -0.05) is 19.1 Å². The molecule has 0 radical (unpaired) electrons. The Hall–Kier alpha value is -1.23. The lowest BCUT2D eigenvalue weighted by Crippen LogP contribution is -2.35.